The molecule has 0 amide bonds. The molecule has 0 rings (SSSR count). The molecule has 0 aromatic carbocycles. The molecule has 0 aliphatic heterocycles. The number of sulfonamides is 1. The highest BCUT2D eigenvalue weighted by Crippen LogP contribution is 1.83. The molecule has 0 aromatic rings. The van der Waals surface area contributed by atoms with Gasteiger partial charge in [-0.3, -0.25) is 0 Å². The van der Waals surface area contributed by atoms with Crippen molar-refractivity contribution in [3.05, 3.63) is 12.0 Å². The fourth-order valence-electron chi connectivity index (χ4n) is 0.196. The fourth-order valence-corrected chi connectivity index (χ4v) is 1.76. The molecule has 10 heavy (non-hydrogen) atoms. The van der Waals surface area contributed by atoms with Crippen LogP contribution in [0, 0.1) is 0 Å². The zero-order valence-corrected chi connectivity index (χ0v) is 6.44. The van der Waals surface area contributed by atoms with E-state index < -0.39 is 20.2 Å². The third kappa shape index (κ3) is 4.44. The van der Waals surface area contributed by atoms with Gasteiger partial charge in [-0.15, -0.1) is 0 Å². The van der Waals surface area contributed by atoms with Crippen molar-refractivity contribution in [2.75, 3.05) is 0 Å². The van der Waals surface area contributed by atoms with E-state index >= 15 is 0 Å². The molecule has 0 spiro atoms. The maximum absolute atomic E-state index is 10.3. The Morgan fingerprint density at radius 1 is 1.30 bits per heavy atom. The van der Waals surface area contributed by atoms with Crippen molar-refractivity contribution in [1.82, 2.24) is 4.13 Å². The Morgan fingerprint density at radius 3 is 1.80 bits per heavy atom. The lowest BCUT2D eigenvalue weighted by Crippen LogP contribution is -2.34. The van der Waals surface area contributed by atoms with Crippen LogP contribution in [0.1, 0.15) is 0 Å². The molecular formula is C2H6N2O4S2. The molecule has 0 fully saturated rings. The van der Waals surface area contributed by atoms with E-state index in [1.165, 1.54) is 0 Å². The summed E-state index contributed by atoms with van der Waals surface area (Å²) in [6.45, 7) is 2.85. The van der Waals surface area contributed by atoms with Crippen molar-refractivity contribution >= 4 is 20.2 Å². The lowest BCUT2D eigenvalue weighted by atomic mass is 11.3. The third-order valence-corrected chi connectivity index (χ3v) is 2.75. The first-order valence-electron chi connectivity index (χ1n) is 1.95. The van der Waals surface area contributed by atoms with Crippen molar-refractivity contribution in [3.8, 4) is 0 Å². The van der Waals surface area contributed by atoms with E-state index in [0.717, 1.165) is 4.13 Å². The monoisotopic (exact) mass is 186 g/mol. The van der Waals surface area contributed by atoms with E-state index in [0.29, 0.717) is 5.41 Å². The molecule has 0 atom stereocenters. The van der Waals surface area contributed by atoms with Crippen LogP contribution >= 0.6 is 0 Å². The lowest BCUT2D eigenvalue weighted by Gasteiger charge is -1.95. The lowest BCUT2D eigenvalue weighted by molar-refractivity contribution is 0.582. The Labute approximate surface area is 59.0 Å². The Kier molecular flexibility index (Phi) is 2.54. The second kappa shape index (κ2) is 2.66. The molecular weight excluding hydrogens is 180 g/mol. The van der Waals surface area contributed by atoms with E-state index in [-0.39, 0.29) is 0 Å². The predicted octanol–water partition coefficient (Wildman–Crippen LogP) is -1.75. The Hall–Kier alpha value is -0.440. The first-order chi connectivity index (χ1) is 4.27. The summed E-state index contributed by atoms with van der Waals surface area (Å²) in [5.41, 5.74) is 0. The van der Waals surface area contributed by atoms with Crippen molar-refractivity contribution in [1.29, 1.82) is 0 Å². The summed E-state index contributed by atoms with van der Waals surface area (Å²) in [5.74, 6) is 0. The highest BCUT2D eigenvalue weighted by molar-refractivity contribution is 8.05. The molecule has 6 nitrogen and oxygen atoms in total. The average Bonchev–Trinajstić information content (AvgIpc) is 1.60. The van der Waals surface area contributed by atoms with E-state index in [9.17, 15) is 16.8 Å². The van der Waals surface area contributed by atoms with Gasteiger partial charge in [-0.05, 0) is 0 Å². The number of hydrogen-bond acceptors (Lipinski definition) is 4. The maximum atomic E-state index is 10.3. The van der Waals surface area contributed by atoms with Gasteiger partial charge in [0.05, 0.1) is 0 Å². The molecule has 0 saturated heterocycles. The van der Waals surface area contributed by atoms with Crippen molar-refractivity contribution < 1.29 is 16.8 Å². The smallest absolute Gasteiger partial charge is 0.215 e. The first-order valence-corrected chi connectivity index (χ1v) is 5.05. The second-order valence-electron chi connectivity index (χ2n) is 1.34. The highest BCUT2D eigenvalue weighted by Gasteiger charge is 2.11. The van der Waals surface area contributed by atoms with Gasteiger partial charge in [-0.1, -0.05) is 10.7 Å². The number of nitrogens with two attached hydrogens (primary N) is 1. The summed E-state index contributed by atoms with van der Waals surface area (Å²) < 4.78 is 41.9. The quantitative estimate of drug-likeness (QED) is 0.545. The van der Waals surface area contributed by atoms with Gasteiger partial charge in [0.15, 0.2) is 0 Å². The summed E-state index contributed by atoms with van der Waals surface area (Å²) in [6, 6.07) is 0. The summed E-state index contributed by atoms with van der Waals surface area (Å²) >= 11 is 0. The molecule has 0 heterocycles. The maximum Gasteiger partial charge on any atom is 0.287 e. The largest absolute Gasteiger partial charge is 0.287 e. The molecule has 60 valence electrons. The molecule has 0 aromatic heterocycles. The van der Waals surface area contributed by atoms with Gasteiger partial charge in [0.2, 0.25) is 10.0 Å². The van der Waals surface area contributed by atoms with Gasteiger partial charge >= 0.3 is 0 Å². The topological polar surface area (TPSA) is 106 Å². The zero-order chi connectivity index (χ0) is 8.41. The molecule has 0 radical (unpaired) electrons. The minimum absolute atomic E-state index is 0.442. The van der Waals surface area contributed by atoms with Crippen LogP contribution in [0.5, 0.6) is 0 Å². The third-order valence-electron chi connectivity index (χ3n) is 0.452. The minimum Gasteiger partial charge on any atom is -0.215 e. The number of nitrogens with one attached hydrogen (secondary N) is 1. The van der Waals surface area contributed by atoms with Gasteiger partial charge < -0.3 is 0 Å². The van der Waals surface area contributed by atoms with Crippen molar-refractivity contribution in [2.45, 2.75) is 0 Å². The number of rotatable bonds is 3. The zero-order valence-electron chi connectivity index (χ0n) is 4.81. The molecule has 3 N–H and O–H groups in total. The van der Waals surface area contributed by atoms with E-state index in [2.05, 4.69) is 11.7 Å². The molecule has 0 bridgehead atoms. The van der Waals surface area contributed by atoms with Crippen LogP contribution in [0.25, 0.3) is 0 Å². The molecule has 0 aliphatic rings. The summed E-state index contributed by atoms with van der Waals surface area (Å²) in [4.78, 5) is 0. The Bertz CT molecular complexity index is 311. The number of hydrogen-bond donors (Lipinski definition) is 2. The summed E-state index contributed by atoms with van der Waals surface area (Å²) in [7, 11) is -8.18. The van der Waals surface area contributed by atoms with Crippen LogP contribution in [0.15, 0.2) is 12.0 Å². The van der Waals surface area contributed by atoms with Gasteiger partial charge in [0.25, 0.3) is 10.2 Å². The van der Waals surface area contributed by atoms with Crippen LogP contribution in [0.3, 0.4) is 0 Å². The van der Waals surface area contributed by atoms with Crippen LogP contribution < -0.4 is 9.27 Å². The van der Waals surface area contributed by atoms with Gasteiger partial charge in [-0.2, -0.15) is 8.42 Å². The molecule has 0 saturated carbocycles. The highest BCUT2D eigenvalue weighted by atomic mass is 32.3. The SMILES string of the molecule is C=CS(=O)(=O)NS(N)(=O)=O. The van der Waals surface area contributed by atoms with Gasteiger partial charge in [-0.25, -0.2) is 13.6 Å². The van der Waals surface area contributed by atoms with E-state index in [4.69, 9.17) is 0 Å². The van der Waals surface area contributed by atoms with E-state index in [1.54, 1.807) is 0 Å². The van der Waals surface area contributed by atoms with Crippen molar-refractivity contribution in [2.24, 2.45) is 5.14 Å². The second-order valence-corrected chi connectivity index (χ2v) is 4.52. The van der Waals surface area contributed by atoms with Crippen LogP contribution in [0.4, 0.5) is 0 Å². The van der Waals surface area contributed by atoms with Crippen molar-refractivity contribution in [3.63, 3.8) is 0 Å². The standard InChI is InChI=1S/C2H6N2O4S2/c1-2-9(5,6)4-10(3,7)8/h2,4H,1H2,(H2,3,7,8). The molecule has 0 aliphatic carbocycles. The predicted molar refractivity (Wildman–Crippen MR) is 35.4 cm³/mol. The minimum atomic E-state index is -4.20. The molecule has 8 heteroatoms. The Morgan fingerprint density at radius 2 is 1.70 bits per heavy atom. The first kappa shape index (κ1) is 9.56. The summed E-state index contributed by atoms with van der Waals surface area (Å²) in [6.07, 6.45) is 0. The van der Waals surface area contributed by atoms with Crippen LogP contribution in [0.2, 0.25) is 0 Å². The average molecular weight is 186 g/mol. The van der Waals surface area contributed by atoms with Gasteiger partial charge in [0, 0.05) is 5.41 Å². The molecule has 0 unspecified atom stereocenters. The van der Waals surface area contributed by atoms with Crippen LogP contribution in [-0.2, 0) is 20.2 Å². The van der Waals surface area contributed by atoms with Crippen LogP contribution in [-0.4, -0.2) is 16.8 Å². The van der Waals surface area contributed by atoms with Gasteiger partial charge in [0.1, 0.15) is 0 Å². The fraction of sp³-hybridized carbons (Fsp3) is 0. The normalized spacial score (nSPS) is 12.9. The van der Waals surface area contributed by atoms with E-state index in [1.807, 2.05) is 0 Å². The Balaban J connectivity index is 4.65. The summed E-state index contributed by atoms with van der Waals surface area (Å²) in [5, 5.41) is 4.77.